The molecule has 0 spiro atoms. The molecule has 1 unspecified atom stereocenters. The molecule has 110 valence electrons. The van der Waals surface area contributed by atoms with Gasteiger partial charge in [0.15, 0.2) is 0 Å². The SMILES string of the molecule is Nc1nc(NCC(O)C2CCOCC2)ncc1[N+](=O)[O-]. The Morgan fingerprint density at radius 1 is 1.60 bits per heavy atom. The molecule has 0 aromatic carbocycles. The van der Waals surface area contributed by atoms with Crippen molar-refractivity contribution in [1.82, 2.24) is 9.97 Å². The first kappa shape index (κ1) is 14.4. The van der Waals surface area contributed by atoms with Gasteiger partial charge in [0.2, 0.25) is 11.8 Å². The van der Waals surface area contributed by atoms with Crippen LogP contribution in [0.4, 0.5) is 17.5 Å². The first-order chi connectivity index (χ1) is 9.58. The van der Waals surface area contributed by atoms with E-state index in [1.807, 2.05) is 0 Å². The predicted octanol–water partition coefficient (Wildman–Crippen LogP) is 0.166. The molecule has 1 aromatic rings. The van der Waals surface area contributed by atoms with Gasteiger partial charge in [0, 0.05) is 19.8 Å². The molecule has 0 aliphatic carbocycles. The Labute approximate surface area is 115 Å². The molecule has 1 saturated heterocycles. The van der Waals surface area contributed by atoms with Crippen molar-refractivity contribution < 1.29 is 14.8 Å². The quantitative estimate of drug-likeness (QED) is 0.513. The number of aromatic nitrogens is 2. The summed E-state index contributed by atoms with van der Waals surface area (Å²) >= 11 is 0. The smallest absolute Gasteiger partial charge is 0.329 e. The molecule has 1 aliphatic rings. The van der Waals surface area contributed by atoms with Crippen LogP contribution in [-0.2, 0) is 4.74 Å². The molecule has 9 nitrogen and oxygen atoms in total. The second-order valence-corrected chi connectivity index (χ2v) is 4.62. The molecule has 0 amide bonds. The summed E-state index contributed by atoms with van der Waals surface area (Å²) < 4.78 is 5.23. The van der Waals surface area contributed by atoms with Crippen LogP contribution in [0, 0.1) is 16.0 Å². The number of rotatable bonds is 5. The van der Waals surface area contributed by atoms with E-state index in [-0.39, 0.29) is 29.9 Å². The predicted molar refractivity (Wildman–Crippen MR) is 71.1 cm³/mol. The number of nitrogens with zero attached hydrogens (tertiary/aromatic N) is 3. The van der Waals surface area contributed by atoms with Gasteiger partial charge in [-0.25, -0.2) is 4.98 Å². The monoisotopic (exact) mass is 283 g/mol. The van der Waals surface area contributed by atoms with Crippen LogP contribution in [0.5, 0.6) is 0 Å². The third-order valence-electron chi connectivity index (χ3n) is 3.27. The Morgan fingerprint density at radius 2 is 2.30 bits per heavy atom. The van der Waals surface area contributed by atoms with Gasteiger partial charge >= 0.3 is 5.69 Å². The van der Waals surface area contributed by atoms with Crippen LogP contribution in [0.25, 0.3) is 0 Å². The minimum atomic E-state index is -0.643. The molecule has 1 atom stereocenters. The maximum atomic E-state index is 10.6. The van der Waals surface area contributed by atoms with Crippen LogP contribution >= 0.6 is 0 Å². The van der Waals surface area contributed by atoms with Crippen molar-refractivity contribution in [2.24, 2.45) is 5.92 Å². The Balaban J connectivity index is 1.90. The fourth-order valence-corrected chi connectivity index (χ4v) is 2.08. The van der Waals surface area contributed by atoms with Crippen LogP contribution in [-0.4, -0.2) is 45.9 Å². The number of nitrogens with one attached hydrogen (secondary N) is 1. The highest BCUT2D eigenvalue weighted by Gasteiger charge is 2.22. The van der Waals surface area contributed by atoms with Gasteiger partial charge in [-0.1, -0.05) is 0 Å². The van der Waals surface area contributed by atoms with E-state index in [0.717, 1.165) is 19.0 Å². The molecule has 0 radical (unpaired) electrons. The maximum Gasteiger partial charge on any atom is 0.329 e. The summed E-state index contributed by atoms with van der Waals surface area (Å²) in [6, 6.07) is 0. The molecule has 2 rings (SSSR count). The molecule has 2 heterocycles. The number of nitro groups is 1. The second-order valence-electron chi connectivity index (χ2n) is 4.62. The summed E-state index contributed by atoms with van der Waals surface area (Å²) in [5, 5.41) is 23.4. The van der Waals surface area contributed by atoms with Crippen LogP contribution in [0.1, 0.15) is 12.8 Å². The average molecular weight is 283 g/mol. The normalized spacial score (nSPS) is 17.6. The summed E-state index contributed by atoms with van der Waals surface area (Å²) in [4.78, 5) is 17.5. The van der Waals surface area contributed by atoms with E-state index in [2.05, 4.69) is 15.3 Å². The fourth-order valence-electron chi connectivity index (χ4n) is 2.08. The Kier molecular flexibility index (Phi) is 4.64. The number of anilines is 2. The van der Waals surface area contributed by atoms with Crippen molar-refractivity contribution in [2.75, 3.05) is 30.8 Å². The lowest BCUT2D eigenvalue weighted by Gasteiger charge is -2.26. The molecular weight excluding hydrogens is 266 g/mol. The van der Waals surface area contributed by atoms with Crippen molar-refractivity contribution in [1.29, 1.82) is 0 Å². The van der Waals surface area contributed by atoms with E-state index < -0.39 is 11.0 Å². The summed E-state index contributed by atoms with van der Waals surface area (Å²) in [5.41, 5.74) is 5.13. The van der Waals surface area contributed by atoms with Gasteiger partial charge < -0.3 is 20.9 Å². The van der Waals surface area contributed by atoms with E-state index in [1.54, 1.807) is 0 Å². The molecule has 9 heteroatoms. The van der Waals surface area contributed by atoms with E-state index in [9.17, 15) is 15.2 Å². The van der Waals surface area contributed by atoms with Crippen LogP contribution in [0.2, 0.25) is 0 Å². The highest BCUT2D eigenvalue weighted by molar-refractivity contribution is 5.53. The number of ether oxygens (including phenoxy) is 1. The standard InChI is InChI=1S/C11H17N5O4/c12-10-8(16(18)19)5-13-11(15-10)14-6-9(17)7-1-3-20-4-2-7/h5,7,9,17H,1-4,6H2,(H3,12,13,14,15). The van der Waals surface area contributed by atoms with Gasteiger partial charge in [0.1, 0.15) is 6.20 Å². The molecular formula is C11H17N5O4. The molecule has 0 bridgehead atoms. The fraction of sp³-hybridized carbons (Fsp3) is 0.636. The number of hydrogen-bond donors (Lipinski definition) is 3. The average Bonchev–Trinajstić information content (AvgIpc) is 2.45. The third kappa shape index (κ3) is 3.52. The van der Waals surface area contributed by atoms with Crippen molar-refractivity contribution in [2.45, 2.75) is 18.9 Å². The zero-order valence-electron chi connectivity index (χ0n) is 10.9. The van der Waals surface area contributed by atoms with Crippen LogP contribution in [0.3, 0.4) is 0 Å². The number of aliphatic hydroxyl groups excluding tert-OH is 1. The molecule has 1 aliphatic heterocycles. The summed E-state index contributed by atoms with van der Waals surface area (Å²) in [7, 11) is 0. The second kappa shape index (κ2) is 6.44. The number of nitrogens with two attached hydrogens (primary N) is 1. The topological polar surface area (TPSA) is 136 Å². The zero-order valence-corrected chi connectivity index (χ0v) is 10.9. The van der Waals surface area contributed by atoms with Gasteiger partial charge in [0.25, 0.3) is 0 Å². The minimum Gasteiger partial charge on any atom is -0.391 e. The number of aliphatic hydroxyl groups is 1. The lowest BCUT2D eigenvalue weighted by molar-refractivity contribution is -0.384. The van der Waals surface area contributed by atoms with Crippen LogP contribution < -0.4 is 11.1 Å². The molecule has 4 N–H and O–H groups in total. The molecule has 0 saturated carbocycles. The van der Waals surface area contributed by atoms with Crippen LogP contribution in [0.15, 0.2) is 6.20 Å². The highest BCUT2D eigenvalue weighted by Crippen LogP contribution is 2.20. The molecule has 1 aromatic heterocycles. The summed E-state index contributed by atoms with van der Waals surface area (Å²) in [6.45, 7) is 1.58. The lowest BCUT2D eigenvalue weighted by Crippen LogP contribution is -2.33. The van der Waals surface area contributed by atoms with Crippen molar-refractivity contribution in [3.8, 4) is 0 Å². The summed E-state index contributed by atoms with van der Waals surface area (Å²) in [6.07, 6.45) is 2.13. The van der Waals surface area contributed by atoms with Crippen molar-refractivity contribution in [3.05, 3.63) is 16.3 Å². The Morgan fingerprint density at radius 3 is 2.90 bits per heavy atom. The van der Waals surface area contributed by atoms with Gasteiger partial charge in [-0.05, 0) is 18.8 Å². The largest absolute Gasteiger partial charge is 0.391 e. The van der Waals surface area contributed by atoms with Gasteiger partial charge in [-0.3, -0.25) is 10.1 Å². The first-order valence-corrected chi connectivity index (χ1v) is 6.34. The first-order valence-electron chi connectivity index (χ1n) is 6.34. The van der Waals surface area contributed by atoms with E-state index >= 15 is 0 Å². The number of hydrogen-bond acceptors (Lipinski definition) is 8. The van der Waals surface area contributed by atoms with Gasteiger partial charge in [-0.15, -0.1) is 0 Å². The molecule has 20 heavy (non-hydrogen) atoms. The Hall–Kier alpha value is -2.00. The van der Waals surface area contributed by atoms with Crippen molar-refractivity contribution in [3.63, 3.8) is 0 Å². The van der Waals surface area contributed by atoms with Crippen molar-refractivity contribution >= 4 is 17.5 Å². The minimum absolute atomic E-state index is 0.166. The highest BCUT2D eigenvalue weighted by atomic mass is 16.6. The lowest BCUT2D eigenvalue weighted by atomic mass is 9.94. The van der Waals surface area contributed by atoms with E-state index in [1.165, 1.54) is 0 Å². The Bertz CT molecular complexity index is 478. The zero-order chi connectivity index (χ0) is 14.5. The maximum absolute atomic E-state index is 10.6. The van der Waals surface area contributed by atoms with Gasteiger partial charge in [0.05, 0.1) is 11.0 Å². The van der Waals surface area contributed by atoms with E-state index in [0.29, 0.717) is 13.2 Å². The van der Waals surface area contributed by atoms with Gasteiger partial charge in [-0.2, -0.15) is 4.98 Å². The summed E-state index contributed by atoms with van der Waals surface area (Å²) in [5.74, 6) is 0.138. The molecule has 1 fully saturated rings. The third-order valence-corrected chi connectivity index (χ3v) is 3.27. The van der Waals surface area contributed by atoms with E-state index in [4.69, 9.17) is 10.5 Å². The number of nitrogen functional groups attached to an aromatic ring is 1.